The molecule has 1 atom stereocenters. The largest absolute Gasteiger partial charge is 0.495 e. The van der Waals surface area contributed by atoms with Crippen LogP contribution in [-0.4, -0.2) is 39.4 Å². The van der Waals surface area contributed by atoms with Crippen LogP contribution in [-0.2, 0) is 9.84 Å². The zero-order chi connectivity index (χ0) is 15.6. The van der Waals surface area contributed by atoms with Crippen molar-refractivity contribution in [3.63, 3.8) is 0 Å². The molecular weight excluding hydrogens is 316 g/mol. The molecule has 0 N–H and O–H groups in total. The molecule has 0 aromatic heterocycles. The molecule has 1 aromatic carbocycles. The summed E-state index contributed by atoms with van der Waals surface area (Å²) >= 11 is 6.12. The number of carbonyl (C=O) groups is 1. The van der Waals surface area contributed by atoms with Crippen molar-refractivity contribution in [3.05, 3.63) is 22.7 Å². The van der Waals surface area contributed by atoms with Gasteiger partial charge in [0.25, 0.3) is 0 Å². The second-order valence-electron chi connectivity index (χ2n) is 4.88. The van der Waals surface area contributed by atoms with Crippen LogP contribution >= 0.6 is 11.6 Å². The number of benzene rings is 1. The van der Waals surface area contributed by atoms with Gasteiger partial charge in [-0.15, -0.1) is 0 Å². The van der Waals surface area contributed by atoms with Crippen LogP contribution in [0.1, 0.15) is 29.6 Å². The van der Waals surface area contributed by atoms with E-state index in [1.165, 1.54) is 26.4 Å². The Morgan fingerprint density at radius 2 is 1.95 bits per heavy atom. The molecule has 5 nitrogen and oxygen atoms in total. The van der Waals surface area contributed by atoms with Gasteiger partial charge in [0.1, 0.15) is 16.0 Å². The monoisotopic (exact) mass is 332 g/mol. The summed E-state index contributed by atoms with van der Waals surface area (Å²) in [7, 11) is -0.570. The summed E-state index contributed by atoms with van der Waals surface area (Å²) in [4.78, 5) is 12.6. The van der Waals surface area contributed by atoms with Gasteiger partial charge < -0.3 is 9.47 Å². The first-order valence-corrected chi connectivity index (χ1v) is 8.68. The lowest BCUT2D eigenvalue weighted by Crippen LogP contribution is -2.35. The number of sulfone groups is 1. The average Bonchev–Trinajstić information content (AvgIpc) is 2.45. The Bertz CT molecular complexity index is 654. The average molecular weight is 333 g/mol. The number of ketones is 1. The molecule has 0 bridgehead atoms. The number of carbonyl (C=O) groups excluding carboxylic acids is 1. The van der Waals surface area contributed by atoms with E-state index >= 15 is 0 Å². The van der Waals surface area contributed by atoms with Gasteiger partial charge >= 0.3 is 0 Å². The number of methoxy groups -OCH3 is 2. The van der Waals surface area contributed by atoms with Crippen LogP contribution in [0, 0.1) is 0 Å². The number of ether oxygens (including phenoxy) is 2. The Labute approximate surface area is 129 Å². The normalized spacial score (nSPS) is 20.8. The van der Waals surface area contributed by atoms with Crippen molar-refractivity contribution >= 4 is 27.2 Å². The quantitative estimate of drug-likeness (QED) is 0.792. The Hall–Kier alpha value is -1.27. The molecule has 2 rings (SSSR count). The molecule has 0 radical (unpaired) electrons. The van der Waals surface area contributed by atoms with Crippen molar-refractivity contribution in [2.75, 3.05) is 20.0 Å². The lowest BCUT2D eigenvalue weighted by Gasteiger charge is -2.22. The maximum absolute atomic E-state index is 12.6. The predicted octanol–water partition coefficient (Wildman–Crippen LogP) is 2.51. The molecular formula is C14H17ClO5S. The van der Waals surface area contributed by atoms with E-state index in [0.29, 0.717) is 18.6 Å². The number of hydrogen-bond acceptors (Lipinski definition) is 5. The van der Waals surface area contributed by atoms with Gasteiger partial charge in [-0.25, -0.2) is 8.42 Å². The van der Waals surface area contributed by atoms with E-state index in [9.17, 15) is 13.2 Å². The highest BCUT2D eigenvalue weighted by Gasteiger charge is 2.37. The summed E-state index contributed by atoms with van der Waals surface area (Å²) in [5.74, 6) is 0.116. The maximum Gasteiger partial charge on any atom is 0.184 e. The molecule has 1 fully saturated rings. The molecule has 1 aliphatic rings. The topological polar surface area (TPSA) is 69.7 Å². The first-order chi connectivity index (χ1) is 9.92. The molecule has 116 valence electrons. The van der Waals surface area contributed by atoms with Gasteiger partial charge in [0, 0.05) is 0 Å². The minimum Gasteiger partial charge on any atom is -0.495 e. The molecule has 1 saturated heterocycles. The van der Waals surface area contributed by atoms with Gasteiger partial charge in [-0.3, -0.25) is 4.79 Å². The van der Waals surface area contributed by atoms with Crippen molar-refractivity contribution in [2.45, 2.75) is 24.5 Å². The summed E-state index contributed by atoms with van der Waals surface area (Å²) < 4.78 is 34.4. The van der Waals surface area contributed by atoms with E-state index in [1.807, 2.05) is 0 Å². The van der Waals surface area contributed by atoms with Crippen LogP contribution in [0.25, 0.3) is 0 Å². The van der Waals surface area contributed by atoms with E-state index in [-0.39, 0.29) is 22.1 Å². The summed E-state index contributed by atoms with van der Waals surface area (Å²) in [6.45, 7) is 0. The van der Waals surface area contributed by atoms with Gasteiger partial charge in [0.15, 0.2) is 21.4 Å². The standard InChI is InChI=1S/C14H17ClO5S/c1-19-10-7-6-9(14(20-2)12(10)15)13(16)11-5-3-4-8-21(11,17)18/h6-7,11H,3-5,8H2,1-2H3. The van der Waals surface area contributed by atoms with Crippen LogP contribution in [0.15, 0.2) is 12.1 Å². The zero-order valence-electron chi connectivity index (χ0n) is 11.9. The fourth-order valence-electron chi connectivity index (χ4n) is 2.51. The molecule has 0 amide bonds. The van der Waals surface area contributed by atoms with Crippen LogP contribution in [0.4, 0.5) is 0 Å². The van der Waals surface area contributed by atoms with Crippen LogP contribution in [0.3, 0.4) is 0 Å². The summed E-state index contributed by atoms with van der Waals surface area (Å²) in [6.07, 6.45) is 1.67. The van der Waals surface area contributed by atoms with Crippen LogP contribution in [0.2, 0.25) is 5.02 Å². The van der Waals surface area contributed by atoms with E-state index in [1.54, 1.807) is 0 Å². The highest BCUT2D eigenvalue weighted by Crippen LogP contribution is 2.38. The second kappa shape index (κ2) is 6.23. The fourth-order valence-corrected chi connectivity index (χ4v) is 4.70. The Kier molecular flexibility index (Phi) is 4.78. The lowest BCUT2D eigenvalue weighted by molar-refractivity contribution is 0.0978. The molecule has 1 heterocycles. The number of Topliss-reactive ketones (excluding diaryl/α,β-unsaturated/α-hetero) is 1. The molecule has 21 heavy (non-hydrogen) atoms. The van der Waals surface area contributed by atoms with E-state index < -0.39 is 20.9 Å². The Balaban J connectivity index is 2.46. The minimum atomic E-state index is -3.40. The fraction of sp³-hybridized carbons (Fsp3) is 0.500. The Morgan fingerprint density at radius 3 is 2.52 bits per heavy atom. The first-order valence-electron chi connectivity index (χ1n) is 6.58. The van der Waals surface area contributed by atoms with E-state index in [2.05, 4.69) is 0 Å². The maximum atomic E-state index is 12.6. The van der Waals surface area contributed by atoms with Crippen molar-refractivity contribution in [2.24, 2.45) is 0 Å². The minimum absolute atomic E-state index is 0.0512. The van der Waals surface area contributed by atoms with Gasteiger partial charge in [0.05, 0.1) is 25.5 Å². The molecule has 7 heteroatoms. The van der Waals surface area contributed by atoms with Crippen LogP contribution < -0.4 is 9.47 Å². The molecule has 1 aliphatic heterocycles. The van der Waals surface area contributed by atoms with Gasteiger partial charge in [0.2, 0.25) is 0 Å². The third-order valence-corrected chi connectivity index (χ3v) is 6.15. The second-order valence-corrected chi connectivity index (χ2v) is 7.56. The van der Waals surface area contributed by atoms with Gasteiger partial charge in [-0.1, -0.05) is 18.0 Å². The predicted molar refractivity (Wildman–Crippen MR) is 80.3 cm³/mol. The van der Waals surface area contributed by atoms with Crippen LogP contribution in [0.5, 0.6) is 11.5 Å². The van der Waals surface area contributed by atoms with Crippen molar-refractivity contribution < 1.29 is 22.7 Å². The summed E-state index contributed by atoms with van der Waals surface area (Å²) in [5, 5.41) is -0.844. The third-order valence-electron chi connectivity index (χ3n) is 3.62. The van der Waals surface area contributed by atoms with Crippen molar-refractivity contribution in [1.82, 2.24) is 0 Å². The number of rotatable bonds is 4. The highest BCUT2D eigenvalue weighted by molar-refractivity contribution is 7.92. The zero-order valence-corrected chi connectivity index (χ0v) is 13.5. The van der Waals surface area contributed by atoms with E-state index in [4.69, 9.17) is 21.1 Å². The molecule has 1 aromatic rings. The molecule has 1 unspecified atom stereocenters. The highest BCUT2D eigenvalue weighted by atomic mass is 35.5. The van der Waals surface area contributed by atoms with Gasteiger partial charge in [-0.2, -0.15) is 0 Å². The Morgan fingerprint density at radius 1 is 1.24 bits per heavy atom. The van der Waals surface area contributed by atoms with Crippen molar-refractivity contribution in [1.29, 1.82) is 0 Å². The SMILES string of the molecule is COc1ccc(C(=O)C2CCCCS2(=O)=O)c(OC)c1Cl. The van der Waals surface area contributed by atoms with E-state index in [0.717, 1.165) is 6.42 Å². The lowest BCUT2D eigenvalue weighted by atomic mass is 10.0. The summed E-state index contributed by atoms with van der Waals surface area (Å²) in [6, 6.07) is 3.03. The molecule has 0 saturated carbocycles. The van der Waals surface area contributed by atoms with Gasteiger partial charge in [-0.05, 0) is 25.0 Å². The number of halogens is 1. The third kappa shape index (κ3) is 3.01. The van der Waals surface area contributed by atoms with Crippen molar-refractivity contribution in [3.8, 4) is 11.5 Å². The smallest absolute Gasteiger partial charge is 0.184 e. The number of hydrogen-bond donors (Lipinski definition) is 0. The molecule has 0 aliphatic carbocycles. The first kappa shape index (κ1) is 16.1. The summed E-state index contributed by atoms with van der Waals surface area (Å²) in [5.41, 5.74) is 0.179. The molecule has 0 spiro atoms.